The van der Waals surface area contributed by atoms with Gasteiger partial charge in [0.25, 0.3) is 0 Å². The average Bonchev–Trinajstić information content (AvgIpc) is 2.48. The fraction of sp³-hybridized carbons (Fsp3) is 0.500. The van der Waals surface area contributed by atoms with Crippen molar-refractivity contribution in [3.63, 3.8) is 0 Å². The van der Waals surface area contributed by atoms with E-state index in [0.717, 1.165) is 0 Å². The van der Waals surface area contributed by atoms with E-state index in [2.05, 4.69) is 0 Å². The molecule has 118 valence electrons. The zero-order valence-electron chi connectivity index (χ0n) is 12.0. The van der Waals surface area contributed by atoms with E-state index in [9.17, 15) is 4.79 Å². The SMILES string of the molecule is COCCOCCOCCOC(=O)c1cc(Cl)ccc1N. The van der Waals surface area contributed by atoms with Crippen molar-refractivity contribution in [3.05, 3.63) is 28.8 Å². The number of halogens is 1. The number of anilines is 1. The summed E-state index contributed by atoms with van der Waals surface area (Å²) in [5.41, 5.74) is 6.27. The Morgan fingerprint density at radius 2 is 1.71 bits per heavy atom. The second-order valence-corrected chi connectivity index (χ2v) is 4.52. The smallest absolute Gasteiger partial charge is 0.340 e. The molecule has 0 aromatic heterocycles. The third kappa shape index (κ3) is 7.29. The van der Waals surface area contributed by atoms with Gasteiger partial charge in [-0.3, -0.25) is 0 Å². The van der Waals surface area contributed by atoms with Crippen LogP contribution in [-0.4, -0.2) is 52.7 Å². The number of rotatable bonds is 10. The third-order valence-corrected chi connectivity index (χ3v) is 2.73. The molecule has 0 spiro atoms. The maximum absolute atomic E-state index is 11.8. The van der Waals surface area contributed by atoms with Gasteiger partial charge in [-0.1, -0.05) is 11.6 Å². The molecule has 0 aliphatic rings. The van der Waals surface area contributed by atoms with Gasteiger partial charge in [0.1, 0.15) is 6.61 Å². The van der Waals surface area contributed by atoms with Crippen molar-refractivity contribution in [1.82, 2.24) is 0 Å². The Hall–Kier alpha value is -1.34. The molecule has 0 unspecified atom stereocenters. The highest BCUT2D eigenvalue weighted by Gasteiger charge is 2.11. The summed E-state index contributed by atoms with van der Waals surface area (Å²) in [6.45, 7) is 2.42. The maximum atomic E-state index is 11.8. The van der Waals surface area contributed by atoms with Gasteiger partial charge in [-0.15, -0.1) is 0 Å². The fourth-order valence-corrected chi connectivity index (χ4v) is 1.61. The summed E-state index contributed by atoms with van der Waals surface area (Å²) in [7, 11) is 1.61. The number of ether oxygens (including phenoxy) is 4. The Bertz CT molecular complexity index is 441. The Kier molecular flexibility index (Phi) is 8.77. The van der Waals surface area contributed by atoms with Crippen molar-refractivity contribution in [3.8, 4) is 0 Å². The summed E-state index contributed by atoms with van der Waals surface area (Å²) in [6, 6.07) is 4.65. The lowest BCUT2D eigenvalue weighted by molar-refractivity contribution is 0.00574. The topological polar surface area (TPSA) is 80.0 Å². The minimum atomic E-state index is -0.519. The Morgan fingerprint density at radius 3 is 2.38 bits per heavy atom. The molecule has 0 aliphatic heterocycles. The number of carbonyl (C=O) groups excluding carboxylic acids is 1. The van der Waals surface area contributed by atoms with Gasteiger partial charge in [0.2, 0.25) is 0 Å². The first-order valence-corrected chi connectivity index (χ1v) is 6.89. The van der Waals surface area contributed by atoms with Gasteiger partial charge in [-0.05, 0) is 18.2 Å². The lowest BCUT2D eigenvalue weighted by Crippen LogP contribution is -2.14. The van der Waals surface area contributed by atoms with Crippen LogP contribution in [0.1, 0.15) is 10.4 Å². The number of methoxy groups -OCH3 is 1. The molecule has 0 fully saturated rings. The molecule has 0 heterocycles. The summed E-state index contributed by atoms with van der Waals surface area (Å²) < 4.78 is 20.3. The number of esters is 1. The van der Waals surface area contributed by atoms with Crippen molar-refractivity contribution in [2.75, 3.05) is 52.5 Å². The Balaban J connectivity index is 2.12. The molecule has 0 saturated heterocycles. The highest BCUT2D eigenvalue weighted by atomic mass is 35.5. The van der Waals surface area contributed by atoms with Crippen LogP contribution in [0, 0.1) is 0 Å². The van der Waals surface area contributed by atoms with E-state index in [4.69, 9.17) is 36.3 Å². The van der Waals surface area contributed by atoms with Gasteiger partial charge in [0.15, 0.2) is 0 Å². The van der Waals surface area contributed by atoms with Crippen molar-refractivity contribution in [2.45, 2.75) is 0 Å². The molecule has 0 atom stereocenters. The highest BCUT2D eigenvalue weighted by Crippen LogP contribution is 2.18. The number of benzene rings is 1. The summed E-state index contributed by atoms with van der Waals surface area (Å²) >= 11 is 5.80. The zero-order chi connectivity index (χ0) is 15.5. The van der Waals surface area contributed by atoms with Crippen LogP contribution in [0.4, 0.5) is 5.69 Å². The van der Waals surface area contributed by atoms with Crippen LogP contribution in [0.5, 0.6) is 0 Å². The predicted octanol–water partition coefficient (Wildman–Crippen LogP) is 1.76. The van der Waals surface area contributed by atoms with Crippen LogP contribution in [0.3, 0.4) is 0 Å². The maximum Gasteiger partial charge on any atom is 0.340 e. The first-order valence-electron chi connectivity index (χ1n) is 6.51. The molecule has 21 heavy (non-hydrogen) atoms. The molecule has 0 aliphatic carbocycles. The molecular formula is C14H20ClNO5. The molecule has 1 aromatic carbocycles. The molecule has 1 rings (SSSR count). The van der Waals surface area contributed by atoms with Crippen molar-refractivity contribution in [1.29, 1.82) is 0 Å². The number of nitrogens with two attached hydrogens (primary N) is 1. The van der Waals surface area contributed by atoms with Gasteiger partial charge in [0, 0.05) is 17.8 Å². The average molecular weight is 318 g/mol. The molecular weight excluding hydrogens is 298 g/mol. The quantitative estimate of drug-likeness (QED) is 0.402. The van der Waals surface area contributed by atoms with Gasteiger partial charge in [0.05, 0.1) is 38.6 Å². The van der Waals surface area contributed by atoms with Crippen LogP contribution in [0.2, 0.25) is 5.02 Å². The Labute approximate surface area is 129 Å². The molecule has 0 radical (unpaired) electrons. The monoisotopic (exact) mass is 317 g/mol. The van der Waals surface area contributed by atoms with E-state index in [1.807, 2.05) is 0 Å². The van der Waals surface area contributed by atoms with E-state index in [0.29, 0.717) is 43.7 Å². The minimum Gasteiger partial charge on any atom is -0.460 e. The zero-order valence-corrected chi connectivity index (χ0v) is 12.7. The minimum absolute atomic E-state index is 0.142. The number of hydrogen-bond acceptors (Lipinski definition) is 6. The van der Waals surface area contributed by atoms with Gasteiger partial charge in [-0.2, -0.15) is 0 Å². The predicted molar refractivity (Wildman–Crippen MR) is 79.7 cm³/mol. The largest absolute Gasteiger partial charge is 0.460 e. The normalized spacial score (nSPS) is 10.6. The van der Waals surface area contributed by atoms with Crippen molar-refractivity contribution >= 4 is 23.3 Å². The molecule has 6 nitrogen and oxygen atoms in total. The first-order chi connectivity index (χ1) is 10.1. The van der Waals surface area contributed by atoms with Crippen LogP contribution in [0.25, 0.3) is 0 Å². The molecule has 0 bridgehead atoms. The first kappa shape index (κ1) is 17.7. The van der Waals surface area contributed by atoms with Gasteiger partial charge >= 0.3 is 5.97 Å². The third-order valence-electron chi connectivity index (χ3n) is 2.50. The van der Waals surface area contributed by atoms with Gasteiger partial charge < -0.3 is 24.7 Å². The summed E-state index contributed by atoms with van der Waals surface area (Å²) in [4.78, 5) is 11.8. The van der Waals surface area contributed by atoms with Crippen LogP contribution >= 0.6 is 11.6 Å². The van der Waals surface area contributed by atoms with Crippen molar-refractivity contribution in [2.24, 2.45) is 0 Å². The lowest BCUT2D eigenvalue weighted by Gasteiger charge is -2.08. The molecule has 2 N–H and O–H groups in total. The van der Waals surface area contributed by atoms with E-state index in [1.54, 1.807) is 19.2 Å². The lowest BCUT2D eigenvalue weighted by atomic mass is 10.2. The molecule has 1 aromatic rings. The second-order valence-electron chi connectivity index (χ2n) is 4.09. The van der Waals surface area contributed by atoms with Crippen LogP contribution in [-0.2, 0) is 18.9 Å². The fourth-order valence-electron chi connectivity index (χ4n) is 1.44. The standard InChI is InChI=1S/C14H20ClNO5/c1-18-4-5-19-6-7-20-8-9-21-14(17)12-10-11(15)2-3-13(12)16/h2-3,10H,4-9,16H2,1H3. The van der Waals surface area contributed by atoms with E-state index in [1.165, 1.54) is 6.07 Å². The number of hydrogen-bond donors (Lipinski definition) is 1. The summed E-state index contributed by atoms with van der Waals surface area (Å²) in [5.74, 6) is -0.519. The van der Waals surface area contributed by atoms with E-state index < -0.39 is 5.97 Å². The molecule has 0 saturated carbocycles. The van der Waals surface area contributed by atoms with Crippen LogP contribution < -0.4 is 5.73 Å². The number of nitrogen functional groups attached to an aromatic ring is 1. The van der Waals surface area contributed by atoms with Gasteiger partial charge in [-0.25, -0.2) is 4.79 Å². The summed E-state index contributed by atoms with van der Waals surface area (Å²) in [6.07, 6.45) is 0. The van der Waals surface area contributed by atoms with E-state index >= 15 is 0 Å². The van der Waals surface area contributed by atoms with E-state index in [-0.39, 0.29) is 12.2 Å². The highest BCUT2D eigenvalue weighted by molar-refractivity contribution is 6.31. The second kappa shape index (κ2) is 10.4. The summed E-state index contributed by atoms with van der Waals surface area (Å²) in [5, 5.41) is 0.431. The number of carbonyl (C=O) groups is 1. The van der Waals surface area contributed by atoms with Crippen LogP contribution in [0.15, 0.2) is 18.2 Å². The molecule has 0 amide bonds. The molecule has 7 heteroatoms. The van der Waals surface area contributed by atoms with Crippen molar-refractivity contribution < 1.29 is 23.7 Å². The Morgan fingerprint density at radius 1 is 1.10 bits per heavy atom.